The number of nitrogens with one attached hydrogen (secondary N) is 1. The molecule has 0 aromatic carbocycles. The Labute approximate surface area is 152 Å². The minimum atomic E-state index is -0.370. The summed E-state index contributed by atoms with van der Waals surface area (Å²) in [7, 11) is 1.82. The highest BCUT2D eigenvalue weighted by atomic mass is 16.3. The normalized spacial score (nSPS) is 20.5. The van der Waals surface area contributed by atoms with E-state index in [1.165, 1.54) is 0 Å². The Balaban J connectivity index is 1.93. The van der Waals surface area contributed by atoms with Crippen molar-refractivity contribution in [2.45, 2.75) is 52.3 Å². The van der Waals surface area contributed by atoms with Crippen molar-refractivity contribution >= 4 is 5.91 Å². The number of aliphatic hydroxyl groups excluding tert-OH is 1. The number of amides is 1. The quantitative estimate of drug-likeness (QED) is 0.847. The number of aliphatic hydroxyl groups is 1. The number of aromatic nitrogens is 3. The maximum Gasteiger partial charge on any atom is 0.263 e. The van der Waals surface area contributed by atoms with Crippen molar-refractivity contribution in [2.75, 3.05) is 0 Å². The summed E-state index contributed by atoms with van der Waals surface area (Å²) in [6, 6.07) is 1.60. The second-order valence-corrected chi connectivity index (χ2v) is 7.18. The Morgan fingerprint density at radius 2 is 2.12 bits per heavy atom. The zero-order chi connectivity index (χ0) is 19.0. The van der Waals surface area contributed by atoms with Crippen LogP contribution in [0.3, 0.4) is 0 Å². The molecule has 7 heteroatoms. The number of carbonyl (C=O) groups excluding carboxylic acids is 1. The molecule has 140 valence electrons. The highest BCUT2D eigenvalue weighted by Gasteiger charge is 2.36. The third kappa shape index (κ3) is 3.31. The van der Waals surface area contributed by atoms with Crippen LogP contribution in [0.5, 0.6) is 0 Å². The van der Waals surface area contributed by atoms with Crippen LogP contribution in [0.2, 0.25) is 0 Å². The number of aryl methyl sites for hydroxylation is 3. The first-order valence-corrected chi connectivity index (χ1v) is 9.00. The van der Waals surface area contributed by atoms with Crippen LogP contribution in [0.4, 0.5) is 0 Å². The zero-order valence-corrected chi connectivity index (χ0v) is 15.7. The van der Waals surface area contributed by atoms with E-state index in [0.29, 0.717) is 24.9 Å². The molecule has 0 bridgehead atoms. The summed E-state index contributed by atoms with van der Waals surface area (Å²) >= 11 is 0. The number of pyridine rings is 1. The van der Waals surface area contributed by atoms with Crippen molar-refractivity contribution in [1.82, 2.24) is 19.7 Å². The molecule has 0 spiro atoms. The van der Waals surface area contributed by atoms with Gasteiger partial charge in [0.25, 0.3) is 11.5 Å². The van der Waals surface area contributed by atoms with Crippen molar-refractivity contribution in [2.24, 2.45) is 13.0 Å². The molecule has 0 radical (unpaired) electrons. The number of hydrogen-bond donors (Lipinski definition) is 2. The van der Waals surface area contributed by atoms with Gasteiger partial charge in [0.2, 0.25) is 0 Å². The van der Waals surface area contributed by atoms with E-state index in [1.807, 2.05) is 33.2 Å². The van der Waals surface area contributed by atoms with Crippen LogP contribution < -0.4 is 10.9 Å². The van der Waals surface area contributed by atoms with Crippen LogP contribution in [0.1, 0.15) is 53.0 Å². The molecule has 1 saturated carbocycles. The lowest BCUT2D eigenvalue weighted by molar-refractivity contribution is 0.0235. The van der Waals surface area contributed by atoms with Gasteiger partial charge in [0.05, 0.1) is 18.3 Å². The topological polar surface area (TPSA) is 89.2 Å². The van der Waals surface area contributed by atoms with Crippen molar-refractivity contribution < 1.29 is 9.90 Å². The van der Waals surface area contributed by atoms with Gasteiger partial charge in [-0.15, -0.1) is 0 Å². The largest absolute Gasteiger partial charge is 0.393 e. The minimum absolute atomic E-state index is 0.136. The maximum atomic E-state index is 13.0. The highest BCUT2D eigenvalue weighted by molar-refractivity contribution is 5.95. The second kappa shape index (κ2) is 7.07. The van der Waals surface area contributed by atoms with Gasteiger partial charge in [-0.2, -0.15) is 5.10 Å². The Kier molecular flexibility index (Phi) is 5.00. The van der Waals surface area contributed by atoms with E-state index in [1.54, 1.807) is 22.4 Å². The van der Waals surface area contributed by atoms with Crippen LogP contribution in [0, 0.1) is 19.8 Å². The molecule has 1 unspecified atom stereocenters. The number of carbonyl (C=O) groups is 1. The fourth-order valence-corrected chi connectivity index (χ4v) is 3.79. The summed E-state index contributed by atoms with van der Waals surface area (Å²) in [4.78, 5) is 25.7. The second-order valence-electron chi connectivity index (χ2n) is 7.18. The Morgan fingerprint density at radius 3 is 2.65 bits per heavy atom. The molecule has 1 aliphatic rings. The highest BCUT2D eigenvalue weighted by Crippen LogP contribution is 2.38. The molecule has 2 N–H and O–H groups in total. The summed E-state index contributed by atoms with van der Waals surface area (Å²) in [5, 5.41) is 16.9. The lowest BCUT2D eigenvalue weighted by atomic mass is 9.75. The zero-order valence-electron chi connectivity index (χ0n) is 15.7. The molecule has 0 saturated heterocycles. The molecule has 0 aliphatic heterocycles. The first kappa shape index (κ1) is 18.4. The molecule has 2 aromatic heterocycles. The summed E-state index contributed by atoms with van der Waals surface area (Å²) < 4.78 is 3.29. The van der Waals surface area contributed by atoms with Crippen LogP contribution in [0.25, 0.3) is 0 Å². The smallest absolute Gasteiger partial charge is 0.263 e. The summed E-state index contributed by atoms with van der Waals surface area (Å²) in [6.45, 7) is 6.06. The van der Waals surface area contributed by atoms with Gasteiger partial charge in [0.1, 0.15) is 5.56 Å². The van der Waals surface area contributed by atoms with Gasteiger partial charge in [0, 0.05) is 31.0 Å². The minimum Gasteiger partial charge on any atom is -0.393 e. The number of hydrogen-bond acceptors (Lipinski definition) is 4. The molecule has 2 aromatic rings. The van der Waals surface area contributed by atoms with Gasteiger partial charge in [-0.25, -0.2) is 0 Å². The monoisotopic (exact) mass is 358 g/mol. The van der Waals surface area contributed by atoms with Crippen LogP contribution in [-0.2, 0) is 13.6 Å². The predicted molar refractivity (Wildman–Crippen MR) is 98.0 cm³/mol. The molecule has 1 fully saturated rings. The molecule has 1 atom stereocenters. The van der Waals surface area contributed by atoms with Gasteiger partial charge < -0.3 is 15.0 Å². The average Bonchev–Trinajstić information content (AvgIpc) is 2.96. The van der Waals surface area contributed by atoms with Crippen molar-refractivity contribution in [3.63, 3.8) is 0 Å². The van der Waals surface area contributed by atoms with E-state index in [0.717, 1.165) is 11.3 Å². The first-order valence-electron chi connectivity index (χ1n) is 9.00. The predicted octanol–water partition coefficient (Wildman–Crippen LogP) is 1.46. The summed E-state index contributed by atoms with van der Waals surface area (Å²) in [6.07, 6.45) is 4.52. The van der Waals surface area contributed by atoms with E-state index >= 15 is 0 Å². The van der Waals surface area contributed by atoms with Crippen LogP contribution in [0.15, 0.2) is 23.3 Å². The Hall–Kier alpha value is -2.41. The van der Waals surface area contributed by atoms with Crippen LogP contribution >= 0.6 is 0 Å². The molecule has 26 heavy (non-hydrogen) atoms. The third-order valence-electron chi connectivity index (χ3n) is 5.24. The first-order chi connectivity index (χ1) is 12.3. The summed E-state index contributed by atoms with van der Waals surface area (Å²) in [5.41, 5.74) is 2.33. The Bertz CT molecular complexity index is 877. The summed E-state index contributed by atoms with van der Waals surface area (Å²) in [5.74, 6) is -0.234. The molecule has 7 nitrogen and oxygen atoms in total. The molecule has 1 amide bonds. The van der Waals surface area contributed by atoms with Crippen molar-refractivity contribution in [1.29, 1.82) is 0 Å². The van der Waals surface area contributed by atoms with Crippen molar-refractivity contribution in [3.05, 3.63) is 51.2 Å². The SMILES string of the molecule is CCn1c(C)cc(C)c(C(=O)NC(c2cnn(C)c2)C2CC(O)C2)c1=O. The maximum absolute atomic E-state index is 13.0. The van der Waals surface area contributed by atoms with Crippen molar-refractivity contribution in [3.8, 4) is 0 Å². The molecular formula is C19H26N4O3. The molecule has 2 heterocycles. The number of rotatable bonds is 5. The fourth-order valence-electron chi connectivity index (χ4n) is 3.79. The van der Waals surface area contributed by atoms with E-state index < -0.39 is 0 Å². The van der Waals surface area contributed by atoms with Gasteiger partial charge in [0.15, 0.2) is 0 Å². The van der Waals surface area contributed by atoms with Gasteiger partial charge >= 0.3 is 0 Å². The lowest BCUT2D eigenvalue weighted by Crippen LogP contribution is -2.43. The third-order valence-corrected chi connectivity index (χ3v) is 5.24. The van der Waals surface area contributed by atoms with E-state index in [9.17, 15) is 14.7 Å². The molecular weight excluding hydrogens is 332 g/mol. The fraction of sp³-hybridized carbons (Fsp3) is 0.526. The average molecular weight is 358 g/mol. The van der Waals surface area contributed by atoms with Gasteiger partial charge in [-0.05, 0) is 51.2 Å². The Morgan fingerprint density at radius 1 is 1.42 bits per heavy atom. The van der Waals surface area contributed by atoms with E-state index in [4.69, 9.17) is 0 Å². The molecule has 3 rings (SSSR count). The molecule has 1 aliphatic carbocycles. The van der Waals surface area contributed by atoms with Gasteiger partial charge in [-0.1, -0.05) is 0 Å². The van der Waals surface area contributed by atoms with E-state index in [2.05, 4.69) is 10.4 Å². The number of nitrogens with zero attached hydrogens (tertiary/aromatic N) is 3. The lowest BCUT2D eigenvalue weighted by Gasteiger charge is -2.37. The van der Waals surface area contributed by atoms with Gasteiger partial charge in [-0.3, -0.25) is 14.3 Å². The van der Waals surface area contributed by atoms with E-state index in [-0.39, 0.29) is 35.1 Å². The standard InChI is InChI=1S/C19H26N4O3/c1-5-23-12(3)6-11(2)16(19(23)26)18(25)21-17(13-7-15(24)8-13)14-9-20-22(4)10-14/h6,9-10,13,15,17,24H,5,7-8H2,1-4H3,(H,21,25). The van der Waals surface area contributed by atoms with Crippen LogP contribution in [-0.4, -0.2) is 31.5 Å².